The van der Waals surface area contributed by atoms with Gasteiger partial charge in [0, 0.05) is 10.9 Å². The first-order valence-electron chi connectivity index (χ1n) is 6.38. The average Bonchev–Trinajstić information content (AvgIpc) is 2.26. The van der Waals surface area contributed by atoms with Gasteiger partial charge in [-0.15, -0.1) is 0 Å². The molecule has 0 saturated carbocycles. The third-order valence-electron chi connectivity index (χ3n) is 2.23. The zero-order chi connectivity index (χ0) is 15.1. The van der Waals surface area contributed by atoms with Crippen LogP contribution in [0.1, 0.15) is 38.3 Å². The van der Waals surface area contributed by atoms with Gasteiger partial charge in [0.2, 0.25) is 0 Å². The Hall–Kier alpha value is -0.680. The maximum Gasteiger partial charge on any atom is 0.446 e. The Kier molecular flexibility index (Phi) is 8.18. The van der Waals surface area contributed by atoms with Crippen molar-refractivity contribution in [3.8, 4) is 0 Å². The lowest BCUT2D eigenvalue weighted by Crippen LogP contribution is -2.15. The molecule has 0 amide bonds. The predicted molar refractivity (Wildman–Crippen MR) is 76.4 cm³/mol. The number of benzene rings is 1. The molecule has 0 unspecified atom stereocenters. The summed E-state index contributed by atoms with van der Waals surface area (Å²) in [5, 5.41) is 0. The van der Waals surface area contributed by atoms with E-state index in [1.54, 1.807) is 19.1 Å². The third kappa shape index (κ3) is 8.94. The van der Waals surface area contributed by atoms with E-state index < -0.39 is 5.51 Å². The van der Waals surface area contributed by atoms with E-state index in [0.717, 1.165) is 17.5 Å². The van der Waals surface area contributed by atoms with Crippen LogP contribution >= 0.6 is 11.8 Å². The van der Waals surface area contributed by atoms with Gasteiger partial charge >= 0.3 is 5.51 Å². The summed E-state index contributed by atoms with van der Waals surface area (Å²) in [7, 11) is 0. The molecule has 0 spiro atoms. The van der Waals surface area contributed by atoms with Crippen LogP contribution in [0, 0.1) is 6.92 Å². The Morgan fingerprint density at radius 1 is 1.21 bits per heavy atom. The lowest BCUT2D eigenvalue weighted by atomic mass is 10.0. The Balaban J connectivity index is 0.00000154. The number of thioether (sulfide) groups is 1. The summed E-state index contributed by atoms with van der Waals surface area (Å²) >= 11 is -0.0679. The van der Waals surface area contributed by atoms with Crippen molar-refractivity contribution >= 4 is 11.8 Å². The molecule has 1 atom stereocenters. The van der Waals surface area contributed by atoms with Gasteiger partial charge in [-0.25, -0.2) is 0 Å². The molecule has 1 aromatic rings. The van der Waals surface area contributed by atoms with Gasteiger partial charge in [-0.3, -0.25) is 0 Å². The van der Waals surface area contributed by atoms with Crippen molar-refractivity contribution in [1.29, 1.82) is 0 Å². The highest BCUT2D eigenvalue weighted by molar-refractivity contribution is 8.00. The normalized spacial score (nSPS) is 12.6. The Morgan fingerprint density at radius 2 is 1.79 bits per heavy atom. The molecule has 0 radical (unpaired) electrons. The first-order chi connectivity index (χ1) is 8.76. The van der Waals surface area contributed by atoms with E-state index >= 15 is 0 Å². The molecule has 0 bridgehead atoms. The van der Waals surface area contributed by atoms with Crippen LogP contribution in [-0.2, 0) is 6.42 Å². The van der Waals surface area contributed by atoms with Crippen molar-refractivity contribution in [3.63, 3.8) is 0 Å². The van der Waals surface area contributed by atoms with E-state index in [-0.39, 0.29) is 22.7 Å². The number of hydrogen-bond donors (Lipinski definition) is 1. The lowest BCUT2D eigenvalue weighted by Gasteiger charge is -2.10. The van der Waals surface area contributed by atoms with E-state index in [0.29, 0.717) is 6.42 Å². The molecule has 0 fully saturated rings. The van der Waals surface area contributed by atoms with E-state index in [2.05, 4.69) is 0 Å². The molecule has 0 aliphatic rings. The second-order valence-corrected chi connectivity index (χ2v) is 5.36. The molecular weight excluding hydrogens is 271 g/mol. The summed E-state index contributed by atoms with van der Waals surface area (Å²) in [5.41, 5.74) is 3.16. The summed E-state index contributed by atoms with van der Waals surface area (Å²) in [6, 6.07) is 5.11. The molecule has 110 valence electrons. The summed E-state index contributed by atoms with van der Waals surface area (Å²) in [4.78, 5) is 0.247. The van der Waals surface area contributed by atoms with Crippen molar-refractivity contribution in [2.24, 2.45) is 5.73 Å². The van der Waals surface area contributed by atoms with Crippen LogP contribution < -0.4 is 5.73 Å². The van der Waals surface area contributed by atoms with Gasteiger partial charge in [-0.1, -0.05) is 19.9 Å². The molecule has 2 N–H and O–H groups in total. The smallest absolute Gasteiger partial charge is 0.328 e. The molecule has 1 nitrogen and oxygen atoms in total. The van der Waals surface area contributed by atoms with Gasteiger partial charge in [0.05, 0.1) is 0 Å². The molecular formula is C14H22F3NS. The fourth-order valence-electron chi connectivity index (χ4n) is 1.56. The minimum Gasteiger partial charge on any atom is -0.328 e. The van der Waals surface area contributed by atoms with Crippen LogP contribution in [0.4, 0.5) is 13.2 Å². The largest absolute Gasteiger partial charge is 0.446 e. The summed E-state index contributed by atoms with van der Waals surface area (Å²) in [5.74, 6) is 0. The van der Waals surface area contributed by atoms with E-state index in [9.17, 15) is 13.2 Å². The van der Waals surface area contributed by atoms with Crippen molar-refractivity contribution in [2.45, 2.75) is 57.0 Å². The number of rotatable bonds is 4. The molecule has 0 aliphatic heterocycles. The predicted octanol–water partition coefficient (Wildman–Crippen LogP) is 4.91. The highest BCUT2D eigenvalue weighted by Gasteiger charge is 2.29. The molecule has 19 heavy (non-hydrogen) atoms. The van der Waals surface area contributed by atoms with Crippen molar-refractivity contribution < 1.29 is 13.2 Å². The average molecular weight is 293 g/mol. The number of alkyl halides is 3. The third-order valence-corrected chi connectivity index (χ3v) is 2.94. The van der Waals surface area contributed by atoms with Crippen LogP contribution in [-0.4, -0.2) is 11.6 Å². The molecule has 0 aromatic heterocycles. The molecule has 1 rings (SSSR count). The van der Waals surface area contributed by atoms with Crippen molar-refractivity contribution in [1.82, 2.24) is 0 Å². The first-order valence-corrected chi connectivity index (χ1v) is 7.20. The van der Waals surface area contributed by atoms with E-state index in [1.807, 2.05) is 26.8 Å². The van der Waals surface area contributed by atoms with E-state index in [4.69, 9.17) is 5.73 Å². The Morgan fingerprint density at radius 3 is 2.26 bits per heavy atom. The fourth-order valence-corrected chi connectivity index (χ4v) is 2.28. The fraction of sp³-hybridized carbons (Fsp3) is 0.571. The monoisotopic (exact) mass is 293 g/mol. The summed E-state index contributed by atoms with van der Waals surface area (Å²) in [6.45, 7) is 7.69. The SMILES string of the molecule is CC.Cc1cc(CC[C@@H](C)N)cc(SC(F)(F)F)c1. The van der Waals surface area contributed by atoms with Crippen LogP contribution in [0.3, 0.4) is 0 Å². The molecule has 0 saturated heterocycles. The second kappa shape index (κ2) is 8.48. The molecule has 0 aliphatic carbocycles. The molecule has 5 heteroatoms. The van der Waals surface area contributed by atoms with Crippen LogP contribution in [0.5, 0.6) is 0 Å². The standard InChI is InChI=1S/C12H16F3NS.C2H6/c1-8-5-10(4-3-9(2)16)7-11(6-8)17-12(13,14)15;1-2/h5-7,9H,3-4,16H2,1-2H3;1-2H3/t9-;/m1./s1. The molecule has 1 aromatic carbocycles. The van der Waals surface area contributed by atoms with Gasteiger partial charge in [0.1, 0.15) is 0 Å². The van der Waals surface area contributed by atoms with Gasteiger partial charge < -0.3 is 5.73 Å². The number of nitrogens with two attached hydrogens (primary N) is 1. The number of hydrogen-bond acceptors (Lipinski definition) is 2. The minimum absolute atomic E-state index is 0.0641. The quantitative estimate of drug-likeness (QED) is 0.798. The number of aryl methyl sites for hydroxylation is 2. The first kappa shape index (κ1) is 18.3. The maximum absolute atomic E-state index is 12.3. The van der Waals surface area contributed by atoms with Gasteiger partial charge in [-0.2, -0.15) is 13.2 Å². The van der Waals surface area contributed by atoms with Crippen molar-refractivity contribution in [3.05, 3.63) is 29.3 Å². The highest BCUT2D eigenvalue weighted by atomic mass is 32.2. The Bertz CT molecular complexity index is 375. The molecule has 0 heterocycles. The van der Waals surface area contributed by atoms with Crippen molar-refractivity contribution in [2.75, 3.05) is 0 Å². The maximum atomic E-state index is 12.3. The Labute approximate surface area is 117 Å². The van der Waals surface area contributed by atoms with Gasteiger partial charge in [0.25, 0.3) is 0 Å². The van der Waals surface area contributed by atoms with Crippen LogP contribution in [0.25, 0.3) is 0 Å². The minimum atomic E-state index is -4.23. The van der Waals surface area contributed by atoms with Gasteiger partial charge in [-0.05, 0) is 61.7 Å². The summed E-state index contributed by atoms with van der Waals surface area (Å²) in [6.07, 6.45) is 1.49. The van der Waals surface area contributed by atoms with Gasteiger partial charge in [0.15, 0.2) is 0 Å². The topological polar surface area (TPSA) is 26.0 Å². The lowest BCUT2D eigenvalue weighted by molar-refractivity contribution is -0.0328. The highest BCUT2D eigenvalue weighted by Crippen LogP contribution is 2.37. The summed E-state index contributed by atoms with van der Waals surface area (Å²) < 4.78 is 36.8. The van der Waals surface area contributed by atoms with Crippen LogP contribution in [0.15, 0.2) is 23.1 Å². The second-order valence-electron chi connectivity index (χ2n) is 4.22. The zero-order valence-corrected chi connectivity index (χ0v) is 12.7. The number of halogens is 3. The van der Waals surface area contributed by atoms with E-state index in [1.165, 1.54) is 0 Å². The van der Waals surface area contributed by atoms with Crippen LogP contribution in [0.2, 0.25) is 0 Å². The zero-order valence-electron chi connectivity index (χ0n) is 11.8.